The molecule has 0 bridgehead atoms. The Hall–Kier alpha value is -0.0800. The number of likely N-dealkylation sites (tertiary alicyclic amines) is 1. The highest BCUT2D eigenvalue weighted by molar-refractivity contribution is 4.89. The van der Waals surface area contributed by atoms with Gasteiger partial charge in [0.1, 0.15) is 0 Å². The molecule has 94 valence electrons. The quantitative estimate of drug-likeness (QED) is 0.772. The lowest BCUT2D eigenvalue weighted by Crippen LogP contribution is -2.53. The molecule has 0 amide bonds. The average molecular weight is 224 g/mol. The fourth-order valence-electron chi connectivity index (χ4n) is 3.16. The van der Waals surface area contributed by atoms with Gasteiger partial charge in [0.25, 0.3) is 0 Å². The van der Waals surface area contributed by atoms with Crippen LogP contribution in [0.5, 0.6) is 0 Å². The van der Waals surface area contributed by atoms with Gasteiger partial charge in [0.15, 0.2) is 0 Å². The zero-order valence-electron chi connectivity index (χ0n) is 11.0. The first kappa shape index (κ1) is 12.4. The summed E-state index contributed by atoms with van der Waals surface area (Å²) in [6, 6.07) is 1.74. The molecule has 2 heteroatoms. The van der Waals surface area contributed by atoms with Crippen LogP contribution in [0.15, 0.2) is 0 Å². The molecule has 16 heavy (non-hydrogen) atoms. The van der Waals surface area contributed by atoms with Gasteiger partial charge in [-0.05, 0) is 44.6 Å². The molecule has 2 nitrogen and oxygen atoms in total. The lowest BCUT2D eigenvalue weighted by atomic mass is 9.86. The van der Waals surface area contributed by atoms with Crippen molar-refractivity contribution in [2.45, 2.75) is 64.5 Å². The van der Waals surface area contributed by atoms with Gasteiger partial charge in [-0.1, -0.05) is 20.3 Å². The van der Waals surface area contributed by atoms with Crippen LogP contribution in [0.3, 0.4) is 0 Å². The summed E-state index contributed by atoms with van der Waals surface area (Å²) in [7, 11) is 0. The van der Waals surface area contributed by atoms with Gasteiger partial charge in [-0.2, -0.15) is 0 Å². The molecule has 2 aliphatic rings. The maximum atomic E-state index is 3.67. The van der Waals surface area contributed by atoms with Crippen molar-refractivity contribution in [3.8, 4) is 0 Å². The zero-order chi connectivity index (χ0) is 11.4. The normalized spacial score (nSPS) is 32.6. The van der Waals surface area contributed by atoms with Gasteiger partial charge in [0.2, 0.25) is 0 Å². The van der Waals surface area contributed by atoms with Crippen LogP contribution < -0.4 is 5.32 Å². The summed E-state index contributed by atoms with van der Waals surface area (Å²) in [6.07, 6.45) is 8.31. The largest absolute Gasteiger partial charge is 0.314 e. The maximum absolute atomic E-state index is 3.67. The van der Waals surface area contributed by atoms with Crippen molar-refractivity contribution < 1.29 is 0 Å². The minimum absolute atomic E-state index is 0.819. The SMILES string of the molecule is CCCNC1CCC(N2CC(CC)C2)CC1. The van der Waals surface area contributed by atoms with E-state index in [9.17, 15) is 0 Å². The van der Waals surface area contributed by atoms with Gasteiger partial charge in [-0.3, -0.25) is 4.90 Å². The second kappa shape index (κ2) is 6.02. The second-order valence-corrected chi connectivity index (χ2v) is 5.69. The standard InChI is InChI=1S/C14H28N2/c1-3-9-15-13-5-7-14(8-6-13)16-10-12(4-2)11-16/h12-15H,3-11H2,1-2H3. The molecular weight excluding hydrogens is 196 g/mol. The van der Waals surface area contributed by atoms with Crippen molar-refractivity contribution in [1.29, 1.82) is 0 Å². The Morgan fingerprint density at radius 3 is 2.31 bits per heavy atom. The molecule has 0 aromatic rings. The molecule has 2 rings (SSSR count). The van der Waals surface area contributed by atoms with Gasteiger partial charge in [0, 0.05) is 25.2 Å². The average Bonchev–Trinajstić information content (AvgIpc) is 2.27. The fraction of sp³-hybridized carbons (Fsp3) is 1.00. The highest BCUT2D eigenvalue weighted by Crippen LogP contribution is 2.29. The minimum Gasteiger partial charge on any atom is -0.314 e. The molecule has 2 fully saturated rings. The number of nitrogens with zero attached hydrogens (tertiary/aromatic N) is 1. The predicted molar refractivity (Wildman–Crippen MR) is 69.7 cm³/mol. The Morgan fingerprint density at radius 2 is 1.75 bits per heavy atom. The van der Waals surface area contributed by atoms with Gasteiger partial charge >= 0.3 is 0 Å². The molecule has 0 aromatic carbocycles. The fourth-order valence-corrected chi connectivity index (χ4v) is 3.16. The Kier molecular flexibility index (Phi) is 4.66. The van der Waals surface area contributed by atoms with Crippen LogP contribution in [0.25, 0.3) is 0 Å². The van der Waals surface area contributed by atoms with Crippen LogP contribution in [-0.2, 0) is 0 Å². The summed E-state index contributed by atoms with van der Waals surface area (Å²) in [5.41, 5.74) is 0. The lowest BCUT2D eigenvalue weighted by Gasteiger charge is -2.46. The molecule has 1 N–H and O–H groups in total. The van der Waals surface area contributed by atoms with E-state index in [-0.39, 0.29) is 0 Å². The third kappa shape index (κ3) is 2.98. The predicted octanol–water partition coefficient (Wildman–Crippen LogP) is 2.64. The van der Waals surface area contributed by atoms with Crippen LogP contribution in [0.4, 0.5) is 0 Å². The summed E-state index contributed by atoms with van der Waals surface area (Å²) in [4.78, 5) is 2.73. The molecule has 0 unspecified atom stereocenters. The second-order valence-electron chi connectivity index (χ2n) is 5.69. The van der Waals surface area contributed by atoms with Crippen LogP contribution >= 0.6 is 0 Å². The number of hydrogen-bond donors (Lipinski definition) is 1. The van der Waals surface area contributed by atoms with Gasteiger partial charge in [0.05, 0.1) is 0 Å². The highest BCUT2D eigenvalue weighted by Gasteiger charge is 2.33. The third-order valence-electron chi connectivity index (χ3n) is 4.46. The summed E-state index contributed by atoms with van der Waals surface area (Å²) in [5, 5.41) is 3.67. The highest BCUT2D eigenvalue weighted by atomic mass is 15.2. The van der Waals surface area contributed by atoms with E-state index in [4.69, 9.17) is 0 Å². The van der Waals surface area contributed by atoms with E-state index in [2.05, 4.69) is 24.1 Å². The number of hydrogen-bond acceptors (Lipinski definition) is 2. The maximum Gasteiger partial charge on any atom is 0.00966 e. The molecule has 1 saturated carbocycles. The number of rotatable bonds is 5. The molecule has 0 aromatic heterocycles. The summed E-state index contributed by atoms with van der Waals surface area (Å²) < 4.78 is 0. The summed E-state index contributed by atoms with van der Waals surface area (Å²) in [6.45, 7) is 8.55. The van der Waals surface area contributed by atoms with Crippen molar-refractivity contribution in [1.82, 2.24) is 10.2 Å². The molecule has 1 aliphatic heterocycles. The molecule has 0 radical (unpaired) electrons. The monoisotopic (exact) mass is 224 g/mol. The summed E-state index contributed by atoms with van der Waals surface area (Å²) >= 11 is 0. The number of nitrogens with one attached hydrogen (secondary N) is 1. The van der Waals surface area contributed by atoms with E-state index < -0.39 is 0 Å². The van der Waals surface area contributed by atoms with Gasteiger partial charge in [-0.15, -0.1) is 0 Å². The Bertz CT molecular complexity index is 191. The Labute approximate surface area is 101 Å². The van der Waals surface area contributed by atoms with E-state index in [0.717, 1.165) is 18.0 Å². The topological polar surface area (TPSA) is 15.3 Å². The van der Waals surface area contributed by atoms with E-state index >= 15 is 0 Å². The van der Waals surface area contributed by atoms with Crippen LogP contribution in [-0.4, -0.2) is 36.6 Å². The zero-order valence-corrected chi connectivity index (χ0v) is 11.0. The van der Waals surface area contributed by atoms with Gasteiger partial charge in [-0.25, -0.2) is 0 Å². The van der Waals surface area contributed by atoms with E-state index in [1.54, 1.807) is 0 Å². The third-order valence-corrected chi connectivity index (χ3v) is 4.46. The Balaban J connectivity index is 1.62. The molecule has 1 saturated heterocycles. The smallest absolute Gasteiger partial charge is 0.00966 e. The van der Waals surface area contributed by atoms with Crippen molar-refractivity contribution >= 4 is 0 Å². The molecule has 1 aliphatic carbocycles. The van der Waals surface area contributed by atoms with Crippen molar-refractivity contribution in [2.75, 3.05) is 19.6 Å². The van der Waals surface area contributed by atoms with Crippen LogP contribution in [0, 0.1) is 5.92 Å². The molecular formula is C14H28N2. The lowest BCUT2D eigenvalue weighted by molar-refractivity contribution is 0.0295. The van der Waals surface area contributed by atoms with Crippen molar-refractivity contribution in [2.24, 2.45) is 5.92 Å². The molecule has 0 spiro atoms. The molecule has 0 atom stereocenters. The van der Waals surface area contributed by atoms with E-state index in [1.165, 1.54) is 58.2 Å². The van der Waals surface area contributed by atoms with Crippen molar-refractivity contribution in [3.05, 3.63) is 0 Å². The van der Waals surface area contributed by atoms with Crippen LogP contribution in [0.1, 0.15) is 52.4 Å². The minimum atomic E-state index is 0.819. The van der Waals surface area contributed by atoms with Crippen LogP contribution in [0.2, 0.25) is 0 Å². The summed E-state index contributed by atoms with van der Waals surface area (Å²) in [5.74, 6) is 1.01. The first-order valence-electron chi connectivity index (χ1n) is 7.30. The van der Waals surface area contributed by atoms with E-state index in [1.807, 2.05) is 0 Å². The first-order valence-corrected chi connectivity index (χ1v) is 7.30. The van der Waals surface area contributed by atoms with E-state index in [0.29, 0.717) is 0 Å². The Morgan fingerprint density at radius 1 is 1.06 bits per heavy atom. The van der Waals surface area contributed by atoms with Crippen molar-refractivity contribution in [3.63, 3.8) is 0 Å². The first-order chi connectivity index (χ1) is 7.83. The molecule has 1 heterocycles. The van der Waals surface area contributed by atoms with Gasteiger partial charge < -0.3 is 5.32 Å².